The molecule has 1 N–H and O–H groups in total. The highest BCUT2D eigenvalue weighted by Gasteiger charge is 2.13. The Morgan fingerprint density at radius 1 is 1.19 bits per heavy atom. The van der Waals surface area contributed by atoms with E-state index in [2.05, 4.69) is 0 Å². The molecule has 106 valence electrons. The molecule has 3 aromatic rings. The lowest BCUT2D eigenvalue weighted by Crippen LogP contribution is -2.10. The largest absolute Gasteiger partial charge is 0.481 e. The van der Waals surface area contributed by atoms with Crippen molar-refractivity contribution in [2.24, 2.45) is 0 Å². The predicted octanol–water partition coefficient (Wildman–Crippen LogP) is 2.72. The van der Waals surface area contributed by atoms with E-state index in [4.69, 9.17) is 14.3 Å². The quantitative estimate of drug-likeness (QED) is 0.748. The molecule has 5 heteroatoms. The van der Waals surface area contributed by atoms with E-state index in [1.165, 1.54) is 0 Å². The number of ether oxygens (including phenoxy) is 1. The minimum absolute atomic E-state index is 0.111. The van der Waals surface area contributed by atoms with Crippen LogP contribution in [-0.4, -0.2) is 17.7 Å². The number of carboxylic acids is 1. The third kappa shape index (κ3) is 2.23. The van der Waals surface area contributed by atoms with Gasteiger partial charge in [0, 0.05) is 5.56 Å². The molecule has 0 aliphatic heterocycles. The van der Waals surface area contributed by atoms with Gasteiger partial charge in [0.25, 0.3) is 0 Å². The number of aryl methyl sites for hydroxylation is 1. The topological polar surface area (TPSA) is 76.7 Å². The highest BCUT2D eigenvalue weighted by molar-refractivity contribution is 5.91. The molecule has 0 unspecified atom stereocenters. The zero-order chi connectivity index (χ0) is 15.0. The molecule has 0 saturated heterocycles. The number of aliphatic carboxylic acids is 1. The van der Waals surface area contributed by atoms with Crippen molar-refractivity contribution < 1.29 is 19.1 Å². The first-order chi connectivity index (χ1) is 10.1. The fourth-order valence-corrected chi connectivity index (χ4v) is 2.28. The molecule has 0 fully saturated rings. The lowest BCUT2D eigenvalue weighted by atomic mass is 10.1. The van der Waals surface area contributed by atoms with E-state index in [-0.39, 0.29) is 5.43 Å². The molecule has 1 heterocycles. The van der Waals surface area contributed by atoms with E-state index in [0.29, 0.717) is 33.3 Å². The Labute approximate surface area is 119 Å². The summed E-state index contributed by atoms with van der Waals surface area (Å²) < 4.78 is 11.0. The Kier molecular flexibility index (Phi) is 3.10. The van der Waals surface area contributed by atoms with E-state index in [1.807, 2.05) is 0 Å². The van der Waals surface area contributed by atoms with Crippen molar-refractivity contribution in [1.82, 2.24) is 0 Å². The normalized spacial score (nSPS) is 10.9. The summed E-state index contributed by atoms with van der Waals surface area (Å²) >= 11 is 0. The predicted molar refractivity (Wildman–Crippen MR) is 77.9 cm³/mol. The van der Waals surface area contributed by atoms with Gasteiger partial charge in [0.05, 0.1) is 10.8 Å². The van der Waals surface area contributed by atoms with Gasteiger partial charge in [-0.2, -0.15) is 0 Å². The van der Waals surface area contributed by atoms with Crippen LogP contribution >= 0.6 is 0 Å². The van der Waals surface area contributed by atoms with Crippen LogP contribution in [0.2, 0.25) is 0 Å². The first-order valence-corrected chi connectivity index (χ1v) is 6.37. The van der Waals surface area contributed by atoms with Crippen LogP contribution in [0, 0.1) is 6.92 Å². The highest BCUT2D eigenvalue weighted by atomic mass is 16.5. The molecule has 21 heavy (non-hydrogen) atoms. The molecular weight excluding hydrogens is 272 g/mol. The zero-order valence-corrected chi connectivity index (χ0v) is 11.3. The summed E-state index contributed by atoms with van der Waals surface area (Å²) in [5.74, 6) is -0.669. The number of hydrogen-bond acceptors (Lipinski definition) is 4. The van der Waals surface area contributed by atoms with Gasteiger partial charge in [-0.25, -0.2) is 4.79 Å². The lowest BCUT2D eigenvalue weighted by Gasteiger charge is -2.09. The molecule has 0 amide bonds. The molecule has 0 aliphatic carbocycles. The Hall–Kier alpha value is -2.82. The van der Waals surface area contributed by atoms with Crippen molar-refractivity contribution in [2.45, 2.75) is 6.92 Å². The van der Waals surface area contributed by atoms with Crippen molar-refractivity contribution in [3.63, 3.8) is 0 Å². The van der Waals surface area contributed by atoms with Crippen LogP contribution in [0.25, 0.3) is 21.9 Å². The second kappa shape index (κ2) is 4.94. The molecule has 0 radical (unpaired) electrons. The molecule has 0 atom stereocenters. The maximum atomic E-state index is 12.4. The fourth-order valence-electron chi connectivity index (χ4n) is 2.28. The van der Waals surface area contributed by atoms with E-state index in [1.54, 1.807) is 43.3 Å². The molecule has 0 saturated carbocycles. The van der Waals surface area contributed by atoms with E-state index < -0.39 is 12.6 Å². The minimum atomic E-state index is -1.06. The average Bonchev–Trinajstić information content (AvgIpc) is 2.47. The fraction of sp³-hybridized carbons (Fsp3) is 0.125. The van der Waals surface area contributed by atoms with Gasteiger partial charge in [-0.1, -0.05) is 12.1 Å². The smallest absolute Gasteiger partial charge is 0.341 e. The van der Waals surface area contributed by atoms with E-state index in [0.717, 1.165) is 0 Å². The van der Waals surface area contributed by atoms with Gasteiger partial charge in [-0.05, 0) is 31.2 Å². The van der Waals surface area contributed by atoms with Crippen molar-refractivity contribution in [1.29, 1.82) is 0 Å². The van der Waals surface area contributed by atoms with Gasteiger partial charge in [-0.3, -0.25) is 4.79 Å². The van der Waals surface area contributed by atoms with Crippen LogP contribution in [0.4, 0.5) is 0 Å². The van der Waals surface area contributed by atoms with Gasteiger partial charge in [0.2, 0.25) is 5.43 Å². The van der Waals surface area contributed by atoms with Gasteiger partial charge in [0.15, 0.2) is 6.61 Å². The lowest BCUT2D eigenvalue weighted by molar-refractivity contribution is -0.139. The molecule has 1 aromatic heterocycles. The summed E-state index contributed by atoms with van der Waals surface area (Å²) in [5.41, 5.74) is 1.41. The van der Waals surface area contributed by atoms with Crippen LogP contribution in [0.5, 0.6) is 5.75 Å². The number of hydrogen-bond donors (Lipinski definition) is 1. The van der Waals surface area contributed by atoms with Crippen molar-refractivity contribution in [3.8, 4) is 5.75 Å². The van der Waals surface area contributed by atoms with Gasteiger partial charge >= 0.3 is 5.97 Å². The van der Waals surface area contributed by atoms with Crippen molar-refractivity contribution in [3.05, 3.63) is 52.2 Å². The maximum absolute atomic E-state index is 12.4. The first kappa shape index (κ1) is 13.2. The SMILES string of the molecule is Cc1c(OCC(=O)O)ccc2c(=O)c3ccccc3oc12. The molecule has 5 nitrogen and oxygen atoms in total. The van der Waals surface area contributed by atoms with Crippen LogP contribution in [0.15, 0.2) is 45.6 Å². The van der Waals surface area contributed by atoms with E-state index >= 15 is 0 Å². The minimum Gasteiger partial charge on any atom is -0.481 e. The molecule has 0 bridgehead atoms. The van der Waals surface area contributed by atoms with Crippen molar-refractivity contribution >= 4 is 27.9 Å². The monoisotopic (exact) mass is 284 g/mol. The molecule has 0 spiro atoms. The Balaban J connectivity index is 2.26. The highest BCUT2D eigenvalue weighted by Crippen LogP contribution is 2.28. The summed E-state index contributed by atoms with van der Waals surface area (Å²) in [6.07, 6.45) is 0. The number of carboxylic acid groups (broad SMARTS) is 1. The Morgan fingerprint density at radius 2 is 1.95 bits per heavy atom. The maximum Gasteiger partial charge on any atom is 0.341 e. The standard InChI is InChI=1S/C16H12O5/c1-9-12(20-8-14(17)18)7-6-11-15(19)10-4-2-3-5-13(10)21-16(9)11/h2-7H,8H2,1H3,(H,17,18). The molecule has 3 rings (SSSR count). The first-order valence-electron chi connectivity index (χ1n) is 6.37. The Bertz CT molecular complexity index is 908. The zero-order valence-electron chi connectivity index (χ0n) is 11.3. The second-order valence-electron chi connectivity index (χ2n) is 4.68. The van der Waals surface area contributed by atoms with Gasteiger partial charge < -0.3 is 14.3 Å². The number of benzene rings is 2. The summed E-state index contributed by atoms with van der Waals surface area (Å²) in [7, 11) is 0. The Morgan fingerprint density at radius 3 is 2.71 bits per heavy atom. The summed E-state index contributed by atoms with van der Waals surface area (Å²) in [5, 5.41) is 9.64. The van der Waals surface area contributed by atoms with Crippen molar-refractivity contribution in [2.75, 3.05) is 6.61 Å². The number of carbonyl (C=O) groups is 1. The summed E-state index contributed by atoms with van der Waals surface area (Å²) in [6.45, 7) is 1.29. The number of para-hydroxylation sites is 1. The third-order valence-electron chi connectivity index (χ3n) is 3.30. The molecule has 0 aliphatic rings. The molecule has 2 aromatic carbocycles. The summed E-state index contributed by atoms with van der Waals surface area (Å²) in [4.78, 5) is 23.0. The van der Waals surface area contributed by atoms with E-state index in [9.17, 15) is 9.59 Å². The molecular formula is C16H12O5. The summed E-state index contributed by atoms with van der Waals surface area (Å²) in [6, 6.07) is 10.2. The van der Waals surface area contributed by atoms with Gasteiger partial charge in [-0.15, -0.1) is 0 Å². The second-order valence-corrected chi connectivity index (χ2v) is 4.68. The average molecular weight is 284 g/mol. The van der Waals surface area contributed by atoms with Crippen LogP contribution < -0.4 is 10.2 Å². The number of rotatable bonds is 3. The third-order valence-corrected chi connectivity index (χ3v) is 3.30. The van der Waals surface area contributed by atoms with Crippen LogP contribution in [0.3, 0.4) is 0 Å². The van der Waals surface area contributed by atoms with Crippen LogP contribution in [0.1, 0.15) is 5.56 Å². The number of fused-ring (bicyclic) bond motifs is 2. The van der Waals surface area contributed by atoms with Gasteiger partial charge in [0.1, 0.15) is 16.9 Å². The van der Waals surface area contributed by atoms with Crippen LogP contribution in [-0.2, 0) is 4.79 Å².